The first-order chi connectivity index (χ1) is 9.53. The molecule has 0 aliphatic heterocycles. The highest BCUT2D eigenvalue weighted by Gasteiger charge is 2.12. The molecule has 7 heteroatoms. The molecule has 0 rings (SSSR count). The van der Waals surface area contributed by atoms with Gasteiger partial charge in [-0.25, -0.2) is 4.79 Å². The van der Waals surface area contributed by atoms with Crippen molar-refractivity contribution in [3.05, 3.63) is 11.8 Å². The third-order valence-electron chi connectivity index (χ3n) is 2.13. The van der Waals surface area contributed by atoms with Crippen molar-refractivity contribution in [3.8, 4) is 0 Å². The van der Waals surface area contributed by atoms with E-state index in [1.54, 1.807) is 6.92 Å². The Kier molecular flexibility index (Phi) is 9.94. The van der Waals surface area contributed by atoms with E-state index in [0.717, 1.165) is 0 Å². The molecule has 0 saturated heterocycles. The van der Waals surface area contributed by atoms with Crippen LogP contribution in [0.3, 0.4) is 0 Å². The van der Waals surface area contributed by atoms with Crippen molar-refractivity contribution in [2.45, 2.75) is 26.7 Å². The van der Waals surface area contributed by atoms with Gasteiger partial charge in [0.15, 0.2) is 0 Å². The van der Waals surface area contributed by atoms with Gasteiger partial charge in [0.2, 0.25) is 5.91 Å². The smallest absolute Gasteiger partial charge is 0.332 e. The van der Waals surface area contributed by atoms with Crippen LogP contribution in [0.2, 0.25) is 0 Å². The first-order valence-corrected chi connectivity index (χ1v) is 6.35. The predicted molar refractivity (Wildman–Crippen MR) is 70.6 cm³/mol. The van der Waals surface area contributed by atoms with Crippen LogP contribution < -0.4 is 5.32 Å². The molecular weight excluding hydrogens is 266 g/mol. The lowest BCUT2D eigenvalue weighted by Crippen LogP contribution is -2.27. The number of amides is 1. The Labute approximate surface area is 118 Å². The average molecular weight is 287 g/mol. The molecule has 0 bridgehead atoms. The van der Waals surface area contributed by atoms with E-state index in [1.807, 2.05) is 6.92 Å². The summed E-state index contributed by atoms with van der Waals surface area (Å²) in [7, 11) is 1.19. The summed E-state index contributed by atoms with van der Waals surface area (Å²) >= 11 is 0. The van der Waals surface area contributed by atoms with Crippen molar-refractivity contribution in [2.24, 2.45) is 0 Å². The summed E-state index contributed by atoms with van der Waals surface area (Å²) in [5, 5.41) is 2.47. The minimum Gasteiger partial charge on any atom is -0.469 e. The summed E-state index contributed by atoms with van der Waals surface area (Å²) in [4.78, 5) is 33.9. The Hall–Kier alpha value is -1.89. The minimum absolute atomic E-state index is 0.240. The zero-order valence-corrected chi connectivity index (χ0v) is 12.1. The van der Waals surface area contributed by atoms with Crippen molar-refractivity contribution in [1.82, 2.24) is 5.32 Å². The van der Waals surface area contributed by atoms with Crippen LogP contribution in [0.25, 0.3) is 0 Å². The van der Waals surface area contributed by atoms with Crippen LogP contribution in [0.15, 0.2) is 11.8 Å². The number of hydrogen-bond acceptors (Lipinski definition) is 6. The van der Waals surface area contributed by atoms with Gasteiger partial charge >= 0.3 is 11.9 Å². The zero-order chi connectivity index (χ0) is 15.4. The molecule has 20 heavy (non-hydrogen) atoms. The van der Waals surface area contributed by atoms with Gasteiger partial charge < -0.3 is 19.5 Å². The van der Waals surface area contributed by atoms with E-state index in [2.05, 4.69) is 10.1 Å². The van der Waals surface area contributed by atoms with E-state index in [9.17, 15) is 14.4 Å². The van der Waals surface area contributed by atoms with Gasteiger partial charge in [-0.15, -0.1) is 0 Å². The van der Waals surface area contributed by atoms with E-state index in [0.29, 0.717) is 25.3 Å². The van der Waals surface area contributed by atoms with Crippen LogP contribution in [-0.4, -0.2) is 44.8 Å². The number of methoxy groups -OCH3 is 1. The molecule has 7 nitrogen and oxygen atoms in total. The second-order valence-electron chi connectivity index (χ2n) is 3.67. The lowest BCUT2D eigenvalue weighted by molar-refractivity contribution is -0.143. The Morgan fingerprint density at radius 1 is 1.15 bits per heavy atom. The monoisotopic (exact) mass is 287 g/mol. The third kappa shape index (κ3) is 9.09. The largest absolute Gasteiger partial charge is 0.469 e. The normalized spacial score (nSPS) is 10.8. The summed E-state index contributed by atoms with van der Waals surface area (Å²) in [5.74, 6) is -1.76. The van der Waals surface area contributed by atoms with Crippen molar-refractivity contribution < 1.29 is 28.6 Å². The van der Waals surface area contributed by atoms with Crippen LogP contribution in [0.1, 0.15) is 26.7 Å². The van der Waals surface area contributed by atoms with Gasteiger partial charge in [-0.1, -0.05) is 0 Å². The van der Waals surface area contributed by atoms with Crippen LogP contribution in [0.4, 0.5) is 0 Å². The molecule has 0 radical (unpaired) electrons. The topological polar surface area (TPSA) is 90.9 Å². The van der Waals surface area contributed by atoms with Crippen molar-refractivity contribution >= 4 is 17.8 Å². The minimum atomic E-state index is -0.650. The number of hydrogen-bond donors (Lipinski definition) is 1. The maximum Gasteiger partial charge on any atom is 0.332 e. The first-order valence-electron chi connectivity index (χ1n) is 6.35. The van der Waals surface area contributed by atoms with Crippen molar-refractivity contribution in [2.75, 3.05) is 26.9 Å². The fraction of sp³-hybridized carbons (Fsp3) is 0.615. The van der Waals surface area contributed by atoms with Crippen molar-refractivity contribution in [1.29, 1.82) is 0 Å². The molecule has 0 fully saturated rings. The lowest BCUT2D eigenvalue weighted by atomic mass is 10.2. The predicted octanol–water partition coefficient (Wildman–Crippen LogP) is 0.539. The van der Waals surface area contributed by atoms with E-state index in [-0.39, 0.29) is 6.61 Å². The van der Waals surface area contributed by atoms with Gasteiger partial charge in [0.1, 0.15) is 6.42 Å². The molecule has 0 saturated carbocycles. The molecule has 0 spiro atoms. The van der Waals surface area contributed by atoms with Gasteiger partial charge in [-0.3, -0.25) is 9.59 Å². The molecule has 0 aliphatic carbocycles. The quantitative estimate of drug-likeness (QED) is 0.288. The molecule has 0 unspecified atom stereocenters. The van der Waals surface area contributed by atoms with Crippen LogP contribution in [0, 0.1) is 0 Å². The maximum absolute atomic E-state index is 11.5. The number of esters is 2. The molecular formula is C13H21NO6. The SMILES string of the molecule is CCOCC/C(=C/C(=O)OCC)NC(=O)CC(=O)OC. The zero-order valence-electron chi connectivity index (χ0n) is 12.1. The third-order valence-corrected chi connectivity index (χ3v) is 2.13. The fourth-order valence-electron chi connectivity index (χ4n) is 1.25. The molecule has 0 aromatic rings. The number of carbonyl (C=O) groups is 3. The molecule has 0 aromatic heterocycles. The molecule has 114 valence electrons. The summed E-state index contributed by atoms with van der Waals surface area (Å²) in [6.07, 6.45) is 1.10. The lowest BCUT2D eigenvalue weighted by Gasteiger charge is -2.09. The second-order valence-corrected chi connectivity index (χ2v) is 3.67. The summed E-state index contributed by atoms with van der Waals surface area (Å²) in [6, 6.07) is 0. The Bertz CT molecular complexity index is 364. The van der Waals surface area contributed by atoms with Gasteiger partial charge in [-0.2, -0.15) is 0 Å². The highest BCUT2D eigenvalue weighted by atomic mass is 16.5. The van der Waals surface area contributed by atoms with Crippen LogP contribution >= 0.6 is 0 Å². The highest BCUT2D eigenvalue weighted by molar-refractivity contribution is 5.95. The Morgan fingerprint density at radius 3 is 2.40 bits per heavy atom. The molecule has 1 amide bonds. The molecule has 0 heterocycles. The van der Waals surface area contributed by atoms with Crippen LogP contribution in [0.5, 0.6) is 0 Å². The highest BCUT2D eigenvalue weighted by Crippen LogP contribution is 2.00. The maximum atomic E-state index is 11.5. The number of carbonyl (C=O) groups excluding carboxylic acids is 3. The van der Waals surface area contributed by atoms with E-state index in [1.165, 1.54) is 13.2 Å². The molecule has 0 aliphatic rings. The average Bonchev–Trinajstić information content (AvgIpc) is 2.38. The van der Waals surface area contributed by atoms with E-state index >= 15 is 0 Å². The van der Waals surface area contributed by atoms with Gasteiger partial charge in [0, 0.05) is 24.8 Å². The number of nitrogens with one attached hydrogen (secondary N) is 1. The fourth-order valence-corrected chi connectivity index (χ4v) is 1.25. The Morgan fingerprint density at radius 2 is 1.85 bits per heavy atom. The van der Waals surface area contributed by atoms with E-state index in [4.69, 9.17) is 9.47 Å². The van der Waals surface area contributed by atoms with Crippen LogP contribution in [-0.2, 0) is 28.6 Å². The van der Waals surface area contributed by atoms with Crippen molar-refractivity contribution in [3.63, 3.8) is 0 Å². The summed E-state index contributed by atoms with van der Waals surface area (Å²) in [6.45, 7) is 4.64. The van der Waals surface area contributed by atoms with Gasteiger partial charge in [-0.05, 0) is 13.8 Å². The molecule has 1 N–H and O–H groups in total. The first kappa shape index (κ1) is 18.1. The van der Waals surface area contributed by atoms with Gasteiger partial charge in [0.05, 0.1) is 20.3 Å². The van der Waals surface area contributed by atoms with Gasteiger partial charge in [0.25, 0.3) is 0 Å². The second kappa shape index (κ2) is 11.0. The summed E-state index contributed by atoms with van der Waals surface area (Å²) in [5.41, 5.74) is 0.339. The summed E-state index contributed by atoms with van der Waals surface area (Å²) < 4.78 is 14.3. The molecule has 0 atom stereocenters. The Balaban J connectivity index is 4.54. The number of ether oxygens (including phenoxy) is 3. The molecule has 0 aromatic carbocycles. The number of rotatable bonds is 9. The van der Waals surface area contributed by atoms with E-state index < -0.39 is 24.3 Å². The standard InChI is InChI=1S/C13H21NO6/c1-4-19-7-6-10(8-13(17)20-5-2)14-11(15)9-12(16)18-3/h8H,4-7,9H2,1-3H3,(H,14,15)/b10-8-.